The van der Waals surface area contributed by atoms with Crippen LogP contribution in [0.1, 0.15) is 6.92 Å². The molecule has 0 fully saturated rings. The zero-order valence-electron chi connectivity index (χ0n) is 7.12. The van der Waals surface area contributed by atoms with Crippen molar-refractivity contribution in [1.29, 1.82) is 0 Å². The van der Waals surface area contributed by atoms with Crippen LogP contribution in [0.25, 0.3) is 0 Å². The molecular weight excluding hydrogens is 190 g/mol. The minimum atomic E-state index is -0.535. The van der Waals surface area contributed by atoms with Crippen LogP contribution in [0.4, 0.5) is 5.69 Å². The summed E-state index contributed by atoms with van der Waals surface area (Å²) in [6.45, 7) is 1.61. The first-order chi connectivity index (χ1) is 6.09. The second-order valence-corrected chi connectivity index (χ2v) is 3.03. The molecule has 0 aliphatic heterocycles. The molecule has 0 aliphatic carbocycles. The van der Waals surface area contributed by atoms with E-state index in [-0.39, 0.29) is 5.91 Å². The van der Waals surface area contributed by atoms with E-state index in [0.29, 0.717) is 10.8 Å². The van der Waals surface area contributed by atoms with Crippen LogP contribution in [-0.2, 0) is 4.79 Å². The maximum atomic E-state index is 11.1. The Morgan fingerprint density at radius 2 is 2.46 bits per heavy atom. The van der Waals surface area contributed by atoms with Gasteiger partial charge in [-0.25, -0.2) is 4.98 Å². The van der Waals surface area contributed by atoms with Crippen molar-refractivity contribution in [2.24, 2.45) is 5.73 Å². The van der Waals surface area contributed by atoms with Gasteiger partial charge in [-0.15, -0.1) is 0 Å². The number of carbonyl (C=O) groups excluding carboxylic acids is 1. The van der Waals surface area contributed by atoms with Crippen molar-refractivity contribution in [2.75, 3.05) is 5.32 Å². The number of hydrogen-bond acceptors (Lipinski definition) is 3. The summed E-state index contributed by atoms with van der Waals surface area (Å²) < 4.78 is 0. The molecular formula is C8H10ClN3O. The normalized spacial score (nSPS) is 12.2. The number of nitrogens with two attached hydrogens (primary N) is 1. The molecule has 1 heterocycles. The fourth-order valence-electron chi connectivity index (χ4n) is 0.736. The summed E-state index contributed by atoms with van der Waals surface area (Å²) in [4.78, 5) is 14.9. The fraction of sp³-hybridized carbons (Fsp3) is 0.250. The molecule has 70 valence electrons. The Morgan fingerprint density at radius 1 is 1.77 bits per heavy atom. The van der Waals surface area contributed by atoms with E-state index in [1.165, 1.54) is 6.20 Å². The first-order valence-electron chi connectivity index (χ1n) is 3.77. The zero-order valence-corrected chi connectivity index (χ0v) is 7.88. The van der Waals surface area contributed by atoms with E-state index in [1.807, 2.05) is 0 Å². The average molecular weight is 200 g/mol. The molecule has 5 heteroatoms. The summed E-state index contributed by atoms with van der Waals surface area (Å²) in [5, 5.41) is 2.93. The molecule has 0 spiro atoms. The highest BCUT2D eigenvalue weighted by molar-refractivity contribution is 6.29. The SMILES string of the molecule is CC(N)C(=O)Nc1ccnc(Cl)c1. The highest BCUT2D eigenvalue weighted by Gasteiger charge is 2.06. The summed E-state index contributed by atoms with van der Waals surface area (Å²) in [7, 11) is 0. The summed E-state index contributed by atoms with van der Waals surface area (Å²) in [6, 6.07) is 2.67. The lowest BCUT2D eigenvalue weighted by atomic mass is 10.3. The zero-order chi connectivity index (χ0) is 9.84. The topological polar surface area (TPSA) is 68.0 Å². The highest BCUT2D eigenvalue weighted by atomic mass is 35.5. The minimum Gasteiger partial charge on any atom is -0.325 e. The predicted octanol–water partition coefficient (Wildman–Crippen LogP) is 1.02. The Morgan fingerprint density at radius 3 is 3.00 bits per heavy atom. The van der Waals surface area contributed by atoms with Gasteiger partial charge in [0.25, 0.3) is 0 Å². The van der Waals surface area contributed by atoms with E-state index in [4.69, 9.17) is 17.3 Å². The first-order valence-corrected chi connectivity index (χ1v) is 4.15. The van der Waals surface area contributed by atoms with Crippen molar-refractivity contribution in [3.63, 3.8) is 0 Å². The van der Waals surface area contributed by atoms with Gasteiger partial charge in [0.15, 0.2) is 0 Å². The third-order valence-corrected chi connectivity index (χ3v) is 1.61. The van der Waals surface area contributed by atoms with Crippen LogP contribution in [0, 0.1) is 0 Å². The number of rotatable bonds is 2. The summed E-state index contributed by atoms with van der Waals surface area (Å²) in [6.07, 6.45) is 1.51. The Bertz CT molecular complexity index is 314. The Labute approximate surface area is 81.1 Å². The summed E-state index contributed by atoms with van der Waals surface area (Å²) in [5.41, 5.74) is 5.96. The number of amides is 1. The third kappa shape index (κ3) is 3.01. The molecule has 1 aromatic rings. The minimum absolute atomic E-state index is 0.248. The van der Waals surface area contributed by atoms with Crippen LogP contribution < -0.4 is 11.1 Å². The molecule has 0 saturated carbocycles. The monoisotopic (exact) mass is 199 g/mol. The predicted molar refractivity (Wildman–Crippen MR) is 51.5 cm³/mol. The largest absolute Gasteiger partial charge is 0.325 e. The van der Waals surface area contributed by atoms with E-state index < -0.39 is 6.04 Å². The molecule has 1 aromatic heterocycles. The maximum absolute atomic E-state index is 11.1. The van der Waals surface area contributed by atoms with Gasteiger partial charge in [-0.3, -0.25) is 4.79 Å². The molecule has 1 rings (SSSR count). The Balaban J connectivity index is 2.69. The van der Waals surface area contributed by atoms with Gasteiger partial charge in [0.2, 0.25) is 5.91 Å². The molecule has 3 N–H and O–H groups in total. The number of anilines is 1. The van der Waals surface area contributed by atoms with Gasteiger partial charge >= 0.3 is 0 Å². The van der Waals surface area contributed by atoms with Crippen LogP contribution >= 0.6 is 11.6 Å². The molecule has 1 amide bonds. The first kappa shape index (κ1) is 9.95. The summed E-state index contributed by atoms with van der Waals surface area (Å²) >= 11 is 5.61. The fourth-order valence-corrected chi connectivity index (χ4v) is 0.910. The van der Waals surface area contributed by atoms with E-state index in [9.17, 15) is 4.79 Å². The van der Waals surface area contributed by atoms with E-state index in [0.717, 1.165) is 0 Å². The van der Waals surface area contributed by atoms with Crippen molar-refractivity contribution in [3.8, 4) is 0 Å². The molecule has 0 saturated heterocycles. The van der Waals surface area contributed by atoms with E-state index in [1.54, 1.807) is 19.1 Å². The number of nitrogens with zero attached hydrogens (tertiary/aromatic N) is 1. The Hall–Kier alpha value is -1.13. The van der Waals surface area contributed by atoms with Crippen LogP contribution in [0.5, 0.6) is 0 Å². The van der Waals surface area contributed by atoms with Crippen molar-refractivity contribution in [1.82, 2.24) is 4.98 Å². The molecule has 0 aromatic carbocycles. The van der Waals surface area contributed by atoms with Crippen molar-refractivity contribution >= 4 is 23.2 Å². The van der Waals surface area contributed by atoms with Crippen LogP contribution in [0.2, 0.25) is 5.15 Å². The van der Waals surface area contributed by atoms with Gasteiger partial charge in [-0.1, -0.05) is 11.6 Å². The van der Waals surface area contributed by atoms with Gasteiger partial charge in [0.05, 0.1) is 6.04 Å². The third-order valence-electron chi connectivity index (χ3n) is 1.41. The molecule has 0 radical (unpaired) electrons. The lowest BCUT2D eigenvalue weighted by molar-refractivity contribution is -0.117. The molecule has 13 heavy (non-hydrogen) atoms. The lowest BCUT2D eigenvalue weighted by Gasteiger charge is -2.06. The number of pyridine rings is 1. The maximum Gasteiger partial charge on any atom is 0.241 e. The molecule has 0 bridgehead atoms. The van der Waals surface area contributed by atoms with Gasteiger partial charge in [-0.05, 0) is 19.1 Å². The smallest absolute Gasteiger partial charge is 0.241 e. The number of halogens is 1. The summed E-state index contributed by atoms with van der Waals surface area (Å²) in [5.74, 6) is -0.248. The van der Waals surface area contributed by atoms with Crippen LogP contribution in [0.15, 0.2) is 18.3 Å². The number of aromatic nitrogens is 1. The van der Waals surface area contributed by atoms with E-state index in [2.05, 4.69) is 10.3 Å². The molecule has 1 atom stereocenters. The number of carbonyl (C=O) groups is 1. The van der Waals surface area contributed by atoms with Gasteiger partial charge in [0, 0.05) is 11.9 Å². The molecule has 0 aliphatic rings. The van der Waals surface area contributed by atoms with Gasteiger partial charge in [0.1, 0.15) is 5.15 Å². The molecule has 1 unspecified atom stereocenters. The van der Waals surface area contributed by atoms with Crippen molar-refractivity contribution < 1.29 is 4.79 Å². The standard InChI is InChI=1S/C8H10ClN3O/c1-5(10)8(13)12-6-2-3-11-7(9)4-6/h2-5H,10H2,1H3,(H,11,12,13). The molecule has 4 nitrogen and oxygen atoms in total. The van der Waals surface area contributed by atoms with Crippen molar-refractivity contribution in [2.45, 2.75) is 13.0 Å². The van der Waals surface area contributed by atoms with Crippen LogP contribution in [-0.4, -0.2) is 16.9 Å². The lowest BCUT2D eigenvalue weighted by Crippen LogP contribution is -2.32. The number of nitrogens with one attached hydrogen (secondary N) is 1. The van der Waals surface area contributed by atoms with Crippen LogP contribution in [0.3, 0.4) is 0 Å². The average Bonchev–Trinajstić information content (AvgIpc) is 2.04. The second-order valence-electron chi connectivity index (χ2n) is 2.65. The van der Waals surface area contributed by atoms with Gasteiger partial charge in [-0.2, -0.15) is 0 Å². The number of hydrogen-bond donors (Lipinski definition) is 2. The van der Waals surface area contributed by atoms with Crippen molar-refractivity contribution in [3.05, 3.63) is 23.5 Å². The Kier molecular flexibility index (Phi) is 3.22. The van der Waals surface area contributed by atoms with Gasteiger partial charge < -0.3 is 11.1 Å². The van der Waals surface area contributed by atoms with E-state index >= 15 is 0 Å². The quantitative estimate of drug-likeness (QED) is 0.699. The highest BCUT2D eigenvalue weighted by Crippen LogP contribution is 2.11. The second kappa shape index (κ2) is 4.20.